The van der Waals surface area contributed by atoms with Crippen molar-refractivity contribution in [1.82, 2.24) is 0 Å². The van der Waals surface area contributed by atoms with Crippen molar-refractivity contribution in [2.45, 2.75) is 26.7 Å². The van der Waals surface area contributed by atoms with Crippen LogP contribution in [-0.4, -0.2) is 25.8 Å². The lowest BCUT2D eigenvalue weighted by atomic mass is 10.3. The SMILES string of the molecule is C1CCOOC1.CCOC(C)=O. The van der Waals surface area contributed by atoms with Crippen molar-refractivity contribution in [3.05, 3.63) is 0 Å². The largest absolute Gasteiger partial charge is 0.466 e. The summed E-state index contributed by atoms with van der Waals surface area (Å²) >= 11 is 0. The third-order valence-electron chi connectivity index (χ3n) is 1.14. The van der Waals surface area contributed by atoms with Crippen LogP contribution in [0.2, 0.25) is 0 Å². The number of hydrogen-bond donors (Lipinski definition) is 0. The number of carbonyl (C=O) groups excluding carboxylic acids is 1. The summed E-state index contributed by atoms with van der Waals surface area (Å²) in [7, 11) is 0. The first-order chi connectivity index (χ1) is 5.77. The van der Waals surface area contributed by atoms with Crippen LogP contribution in [0.15, 0.2) is 0 Å². The molecule has 1 heterocycles. The van der Waals surface area contributed by atoms with Gasteiger partial charge in [-0.05, 0) is 19.8 Å². The van der Waals surface area contributed by atoms with Gasteiger partial charge in [-0.3, -0.25) is 4.79 Å². The maximum atomic E-state index is 9.82. The van der Waals surface area contributed by atoms with Gasteiger partial charge in [0.15, 0.2) is 0 Å². The number of esters is 1. The normalized spacial score (nSPS) is 15.8. The molecule has 0 N–H and O–H groups in total. The van der Waals surface area contributed by atoms with Crippen LogP contribution in [0.1, 0.15) is 26.7 Å². The molecule has 0 aliphatic carbocycles. The number of rotatable bonds is 1. The van der Waals surface area contributed by atoms with Crippen molar-refractivity contribution in [1.29, 1.82) is 0 Å². The average Bonchev–Trinajstić information content (AvgIpc) is 2.08. The summed E-state index contributed by atoms with van der Waals surface area (Å²) in [6.07, 6.45) is 2.31. The minimum atomic E-state index is -0.211. The van der Waals surface area contributed by atoms with Gasteiger partial charge in [-0.1, -0.05) is 0 Å². The van der Waals surface area contributed by atoms with Crippen molar-refractivity contribution in [3.8, 4) is 0 Å². The smallest absolute Gasteiger partial charge is 0.302 e. The van der Waals surface area contributed by atoms with Gasteiger partial charge in [-0.25, -0.2) is 9.78 Å². The fourth-order valence-corrected chi connectivity index (χ4v) is 0.643. The molecule has 0 aromatic rings. The predicted octanol–water partition coefficient (Wildman–Crippen LogP) is 1.30. The average molecular weight is 176 g/mol. The Morgan fingerprint density at radius 3 is 1.92 bits per heavy atom. The molecule has 4 heteroatoms. The predicted molar refractivity (Wildman–Crippen MR) is 43.4 cm³/mol. The summed E-state index contributed by atoms with van der Waals surface area (Å²) < 4.78 is 4.40. The van der Waals surface area contributed by atoms with Crippen LogP contribution in [0.4, 0.5) is 0 Å². The Bertz CT molecular complexity index is 98.1. The van der Waals surface area contributed by atoms with Crippen molar-refractivity contribution in [3.63, 3.8) is 0 Å². The molecule has 0 aromatic heterocycles. The van der Waals surface area contributed by atoms with Gasteiger partial charge in [0.05, 0.1) is 19.8 Å². The zero-order valence-corrected chi connectivity index (χ0v) is 7.67. The van der Waals surface area contributed by atoms with Crippen LogP contribution in [0.5, 0.6) is 0 Å². The van der Waals surface area contributed by atoms with Crippen LogP contribution < -0.4 is 0 Å². The number of hydrogen-bond acceptors (Lipinski definition) is 4. The minimum absolute atomic E-state index is 0.211. The highest BCUT2D eigenvalue weighted by Gasteiger charge is 1.95. The number of carbonyl (C=O) groups is 1. The molecule has 0 bridgehead atoms. The molecule has 1 saturated heterocycles. The summed E-state index contributed by atoms with van der Waals surface area (Å²) in [6, 6.07) is 0. The van der Waals surface area contributed by atoms with E-state index in [1.165, 1.54) is 6.92 Å². The van der Waals surface area contributed by atoms with Gasteiger partial charge in [0, 0.05) is 6.92 Å². The molecule has 0 atom stereocenters. The van der Waals surface area contributed by atoms with E-state index < -0.39 is 0 Å². The first-order valence-electron chi connectivity index (χ1n) is 4.15. The topological polar surface area (TPSA) is 44.8 Å². The third-order valence-corrected chi connectivity index (χ3v) is 1.14. The van der Waals surface area contributed by atoms with Crippen LogP contribution in [0, 0.1) is 0 Å². The van der Waals surface area contributed by atoms with E-state index >= 15 is 0 Å². The Hall–Kier alpha value is -0.610. The molecule has 1 fully saturated rings. The second-order valence-corrected chi connectivity index (χ2v) is 2.28. The molecule has 0 unspecified atom stereocenters. The lowest BCUT2D eigenvalue weighted by Crippen LogP contribution is -2.05. The maximum absolute atomic E-state index is 9.82. The Morgan fingerprint density at radius 2 is 1.83 bits per heavy atom. The zero-order chi connectivity index (χ0) is 9.23. The maximum Gasteiger partial charge on any atom is 0.302 e. The van der Waals surface area contributed by atoms with E-state index in [4.69, 9.17) is 0 Å². The minimum Gasteiger partial charge on any atom is -0.466 e. The molecule has 1 aliphatic heterocycles. The van der Waals surface area contributed by atoms with Gasteiger partial charge >= 0.3 is 5.97 Å². The summed E-state index contributed by atoms with van der Waals surface area (Å²) in [5.74, 6) is -0.211. The van der Waals surface area contributed by atoms with E-state index in [9.17, 15) is 4.79 Å². The van der Waals surface area contributed by atoms with E-state index in [0.717, 1.165) is 26.1 Å². The van der Waals surface area contributed by atoms with Crippen molar-refractivity contribution in [2.75, 3.05) is 19.8 Å². The van der Waals surface area contributed by atoms with Gasteiger partial charge in [-0.15, -0.1) is 0 Å². The second kappa shape index (κ2) is 8.49. The quantitative estimate of drug-likeness (QED) is 0.446. The van der Waals surface area contributed by atoms with E-state index in [0.29, 0.717) is 6.61 Å². The molecule has 1 aliphatic rings. The third kappa shape index (κ3) is 9.39. The molecular formula is C8H16O4. The second-order valence-electron chi connectivity index (χ2n) is 2.28. The summed E-state index contributed by atoms with van der Waals surface area (Å²) in [6.45, 7) is 5.21. The van der Waals surface area contributed by atoms with Gasteiger partial charge in [0.25, 0.3) is 0 Å². The standard InChI is InChI=1S/2C4H8O2/c1-2-4-6-5-3-1;1-3-6-4(2)5/h1-4H2;3H2,1-2H3. The van der Waals surface area contributed by atoms with E-state index in [-0.39, 0.29) is 5.97 Å². The van der Waals surface area contributed by atoms with Crippen LogP contribution in [0.25, 0.3) is 0 Å². The Kier molecular flexibility index (Phi) is 8.05. The van der Waals surface area contributed by atoms with E-state index in [2.05, 4.69) is 14.5 Å². The van der Waals surface area contributed by atoms with Gasteiger partial charge < -0.3 is 4.74 Å². The highest BCUT2D eigenvalue weighted by molar-refractivity contribution is 5.65. The Labute approximate surface area is 72.7 Å². The summed E-state index contributed by atoms with van der Waals surface area (Å²) in [5, 5.41) is 0. The van der Waals surface area contributed by atoms with Crippen LogP contribution >= 0.6 is 0 Å². The van der Waals surface area contributed by atoms with Gasteiger partial charge in [0.2, 0.25) is 0 Å². The van der Waals surface area contributed by atoms with Crippen LogP contribution in [-0.2, 0) is 19.3 Å². The van der Waals surface area contributed by atoms with Crippen LogP contribution in [0.3, 0.4) is 0 Å². The molecular weight excluding hydrogens is 160 g/mol. The zero-order valence-electron chi connectivity index (χ0n) is 7.67. The molecule has 0 aromatic carbocycles. The van der Waals surface area contributed by atoms with Gasteiger partial charge in [-0.2, -0.15) is 0 Å². The number of ether oxygens (including phenoxy) is 1. The lowest BCUT2D eigenvalue weighted by molar-refractivity contribution is -0.312. The van der Waals surface area contributed by atoms with E-state index in [1.807, 2.05) is 0 Å². The van der Waals surface area contributed by atoms with Crippen molar-refractivity contribution in [2.24, 2.45) is 0 Å². The molecule has 12 heavy (non-hydrogen) atoms. The first-order valence-corrected chi connectivity index (χ1v) is 4.15. The first kappa shape index (κ1) is 11.4. The van der Waals surface area contributed by atoms with E-state index in [1.54, 1.807) is 6.92 Å². The summed E-state index contributed by atoms with van der Waals surface area (Å²) in [4.78, 5) is 19.0. The molecule has 72 valence electrons. The molecule has 0 spiro atoms. The Morgan fingerprint density at radius 1 is 1.33 bits per heavy atom. The molecule has 0 radical (unpaired) electrons. The molecule has 4 nitrogen and oxygen atoms in total. The fourth-order valence-electron chi connectivity index (χ4n) is 0.643. The monoisotopic (exact) mass is 176 g/mol. The van der Waals surface area contributed by atoms with Crippen molar-refractivity contribution >= 4 is 5.97 Å². The highest BCUT2D eigenvalue weighted by Crippen LogP contribution is 1.97. The molecule has 1 rings (SSSR count). The highest BCUT2D eigenvalue weighted by atomic mass is 17.2. The fraction of sp³-hybridized carbons (Fsp3) is 0.875. The van der Waals surface area contributed by atoms with Crippen molar-refractivity contribution < 1.29 is 19.3 Å². The summed E-state index contributed by atoms with van der Waals surface area (Å²) in [5.41, 5.74) is 0. The lowest BCUT2D eigenvalue weighted by Gasteiger charge is -2.07. The van der Waals surface area contributed by atoms with Gasteiger partial charge in [0.1, 0.15) is 0 Å². The molecule has 0 amide bonds. The molecule has 0 saturated carbocycles. The Balaban J connectivity index is 0.000000202.